The predicted molar refractivity (Wildman–Crippen MR) is 46.9 cm³/mol. The number of rotatable bonds is 2. The number of aromatic nitrogens is 1. The van der Waals surface area contributed by atoms with E-state index in [1.807, 2.05) is 6.07 Å². The van der Waals surface area contributed by atoms with Crippen LogP contribution < -0.4 is 5.32 Å². The second-order valence-corrected chi connectivity index (χ2v) is 2.53. The van der Waals surface area contributed by atoms with Crippen LogP contribution in [0.15, 0.2) is 18.5 Å². The van der Waals surface area contributed by atoms with Crippen LogP contribution in [0.3, 0.4) is 0 Å². The molecule has 0 fully saturated rings. The van der Waals surface area contributed by atoms with Crippen LogP contribution in [0.4, 0.5) is 0 Å². The number of hydrogen-bond acceptors (Lipinski definition) is 3. The van der Waals surface area contributed by atoms with Crippen molar-refractivity contribution < 1.29 is 4.79 Å². The molecule has 0 bridgehead atoms. The fourth-order valence-corrected chi connectivity index (χ4v) is 0.943. The summed E-state index contributed by atoms with van der Waals surface area (Å²) in [5.41, 5.74) is 1.36. The lowest BCUT2D eigenvalue weighted by molar-refractivity contribution is 0.0958. The molecule has 4 nitrogen and oxygen atoms in total. The van der Waals surface area contributed by atoms with Crippen LogP contribution in [-0.2, 0) is 0 Å². The molecular formula is C9H9N3O. The van der Waals surface area contributed by atoms with Crippen LogP contribution in [0.1, 0.15) is 15.9 Å². The van der Waals surface area contributed by atoms with Gasteiger partial charge in [0.1, 0.15) is 6.54 Å². The third kappa shape index (κ3) is 2.27. The summed E-state index contributed by atoms with van der Waals surface area (Å²) in [6.07, 6.45) is 3.16. The first-order chi connectivity index (χ1) is 6.25. The summed E-state index contributed by atoms with van der Waals surface area (Å²) in [5, 5.41) is 10.7. The van der Waals surface area contributed by atoms with Gasteiger partial charge in [-0.15, -0.1) is 0 Å². The molecule has 1 aromatic rings. The maximum absolute atomic E-state index is 11.3. The van der Waals surface area contributed by atoms with Crippen LogP contribution in [0, 0.1) is 18.3 Å². The van der Waals surface area contributed by atoms with Crippen LogP contribution in [0.25, 0.3) is 0 Å². The van der Waals surface area contributed by atoms with Crippen LogP contribution >= 0.6 is 0 Å². The van der Waals surface area contributed by atoms with E-state index in [4.69, 9.17) is 5.26 Å². The number of pyridine rings is 1. The summed E-state index contributed by atoms with van der Waals surface area (Å²) in [7, 11) is 0. The van der Waals surface area contributed by atoms with Gasteiger partial charge in [-0.1, -0.05) is 0 Å². The summed E-state index contributed by atoms with van der Waals surface area (Å²) in [6.45, 7) is 1.83. The van der Waals surface area contributed by atoms with Gasteiger partial charge in [-0.2, -0.15) is 5.26 Å². The van der Waals surface area contributed by atoms with E-state index in [-0.39, 0.29) is 12.5 Å². The number of amides is 1. The minimum absolute atomic E-state index is 0.0284. The molecule has 13 heavy (non-hydrogen) atoms. The summed E-state index contributed by atoms with van der Waals surface area (Å²) in [4.78, 5) is 15.2. The van der Waals surface area contributed by atoms with Gasteiger partial charge in [0.15, 0.2) is 0 Å². The molecule has 66 valence electrons. The highest BCUT2D eigenvalue weighted by Gasteiger charge is 2.06. The van der Waals surface area contributed by atoms with Gasteiger partial charge in [0.05, 0.1) is 6.07 Å². The van der Waals surface area contributed by atoms with E-state index in [0.29, 0.717) is 5.56 Å². The van der Waals surface area contributed by atoms with Crippen molar-refractivity contribution in [1.82, 2.24) is 10.3 Å². The maximum atomic E-state index is 11.3. The minimum atomic E-state index is -0.235. The third-order valence-corrected chi connectivity index (χ3v) is 1.59. The topological polar surface area (TPSA) is 65.8 Å². The molecule has 0 saturated heterocycles. The number of nitrogens with zero attached hydrogens (tertiary/aromatic N) is 2. The van der Waals surface area contributed by atoms with E-state index in [1.54, 1.807) is 25.4 Å². The lowest BCUT2D eigenvalue weighted by Gasteiger charge is -2.02. The maximum Gasteiger partial charge on any atom is 0.252 e. The first-order valence-corrected chi connectivity index (χ1v) is 3.81. The zero-order valence-corrected chi connectivity index (χ0v) is 7.24. The Balaban J connectivity index is 2.78. The van der Waals surface area contributed by atoms with Gasteiger partial charge in [-0.3, -0.25) is 9.78 Å². The Labute approximate surface area is 76.2 Å². The van der Waals surface area contributed by atoms with E-state index < -0.39 is 0 Å². The van der Waals surface area contributed by atoms with Crippen LogP contribution in [0.2, 0.25) is 0 Å². The van der Waals surface area contributed by atoms with Gasteiger partial charge >= 0.3 is 0 Å². The molecule has 1 heterocycles. The first-order valence-electron chi connectivity index (χ1n) is 3.81. The fourth-order valence-electron chi connectivity index (χ4n) is 0.943. The zero-order chi connectivity index (χ0) is 9.68. The molecule has 0 atom stereocenters. The molecule has 1 aromatic heterocycles. The Morgan fingerprint density at radius 3 is 3.15 bits per heavy atom. The van der Waals surface area contributed by atoms with Crippen molar-refractivity contribution in [3.8, 4) is 6.07 Å². The average molecular weight is 175 g/mol. The SMILES string of the molecule is Cc1cnccc1C(=O)NCC#N. The fraction of sp³-hybridized carbons (Fsp3) is 0.222. The molecule has 4 heteroatoms. The van der Waals surface area contributed by atoms with Gasteiger partial charge in [-0.25, -0.2) is 0 Å². The van der Waals surface area contributed by atoms with E-state index in [2.05, 4.69) is 10.3 Å². The highest BCUT2D eigenvalue weighted by molar-refractivity contribution is 5.95. The molecule has 1 N–H and O–H groups in total. The Hall–Kier alpha value is -1.89. The molecule has 0 spiro atoms. The number of hydrogen-bond donors (Lipinski definition) is 1. The van der Waals surface area contributed by atoms with E-state index in [9.17, 15) is 4.79 Å². The number of carbonyl (C=O) groups excluding carboxylic acids is 1. The molecule has 0 aliphatic carbocycles. The summed E-state index contributed by atoms with van der Waals surface area (Å²) in [5.74, 6) is -0.235. The molecule has 1 amide bonds. The molecule has 0 aromatic carbocycles. The number of aryl methyl sites for hydroxylation is 1. The summed E-state index contributed by atoms with van der Waals surface area (Å²) in [6, 6.07) is 3.47. The highest BCUT2D eigenvalue weighted by Crippen LogP contribution is 2.03. The number of nitriles is 1. The largest absolute Gasteiger partial charge is 0.339 e. The number of carbonyl (C=O) groups is 1. The van der Waals surface area contributed by atoms with Gasteiger partial charge in [0, 0.05) is 18.0 Å². The molecule has 0 aliphatic heterocycles. The minimum Gasteiger partial charge on any atom is -0.339 e. The van der Waals surface area contributed by atoms with E-state index >= 15 is 0 Å². The third-order valence-electron chi connectivity index (χ3n) is 1.59. The Bertz CT molecular complexity index is 354. The lowest BCUT2D eigenvalue weighted by Crippen LogP contribution is -2.24. The molecule has 0 aliphatic rings. The van der Waals surface area contributed by atoms with E-state index in [1.165, 1.54) is 0 Å². The molecule has 0 unspecified atom stereocenters. The smallest absolute Gasteiger partial charge is 0.252 e. The monoisotopic (exact) mass is 175 g/mol. The molecular weight excluding hydrogens is 166 g/mol. The number of nitrogens with one attached hydrogen (secondary N) is 1. The quantitative estimate of drug-likeness (QED) is 0.671. The summed E-state index contributed by atoms with van der Waals surface area (Å²) < 4.78 is 0. The molecule has 0 radical (unpaired) electrons. The van der Waals surface area contributed by atoms with Gasteiger partial charge in [0.25, 0.3) is 5.91 Å². The highest BCUT2D eigenvalue weighted by atomic mass is 16.1. The van der Waals surface area contributed by atoms with Crippen molar-refractivity contribution in [2.75, 3.05) is 6.54 Å². The Kier molecular flexibility index (Phi) is 2.98. The van der Waals surface area contributed by atoms with Crippen molar-refractivity contribution in [2.45, 2.75) is 6.92 Å². The van der Waals surface area contributed by atoms with Crippen molar-refractivity contribution in [3.05, 3.63) is 29.6 Å². The van der Waals surface area contributed by atoms with Gasteiger partial charge in [0.2, 0.25) is 0 Å². The molecule has 0 saturated carbocycles. The molecule has 1 rings (SSSR count). The van der Waals surface area contributed by atoms with Crippen molar-refractivity contribution in [1.29, 1.82) is 5.26 Å². The van der Waals surface area contributed by atoms with Crippen molar-refractivity contribution in [3.63, 3.8) is 0 Å². The second-order valence-electron chi connectivity index (χ2n) is 2.53. The van der Waals surface area contributed by atoms with Crippen LogP contribution in [0.5, 0.6) is 0 Å². The van der Waals surface area contributed by atoms with E-state index in [0.717, 1.165) is 5.56 Å². The van der Waals surface area contributed by atoms with Gasteiger partial charge in [-0.05, 0) is 18.6 Å². The first kappa shape index (κ1) is 9.20. The standard InChI is InChI=1S/C9H9N3O/c1-7-6-11-4-2-8(7)9(13)12-5-3-10/h2,4,6H,5H2,1H3,(H,12,13). The van der Waals surface area contributed by atoms with Crippen LogP contribution in [-0.4, -0.2) is 17.4 Å². The average Bonchev–Trinajstić information content (AvgIpc) is 2.15. The predicted octanol–water partition coefficient (Wildman–Crippen LogP) is 0.643. The Morgan fingerprint density at radius 2 is 2.54 bits per heavy atom. The van der Waals surface area contributed by atoms with Gasteiger partial charge < -0.3 is 5.32 Å². The second kappa shape index (κ2) is 4.21. The zero-order valence-electron chi connectivity index (χ0n) is 7.24. The Morgan fingerprint density at radius 1 is 1.77 bits per heavy atom. The lowest BCUT2D eigenvalue weighted by atomic mass is 10.1. The van der Waals surface area contributed by atoms with Crippen molar-refractivity contribution >= 4 is 5.91 Å². The summed E-state index contributed by atoms with van der Waals surface area (Å²) >= 11 is 0. The van der Waals surface area contributed by atoms with Crippen molar-refractivity contribution in [2.24, 2.45) is 0 Å². The normalized spacial score (nSPS) is 8.92.